The van der Waals surface area contributed by atoms with Gasteiger partial charge in [0.2, 0.25) is 0 Å². The maximum absolute atomic E-state index is 13.6. The molecule has 4 saturated carbocycles. The van der Waals surface area contributed by atoms with Gasteiger partial charge in [0.15, 0.2) is 0 Å². The van der Waals surface area contributed by atoms with Crippen molar-refractivity contribution in [2.24, 2.45) is 57.2 Å². The number of ether oxygens (including phenoxy) is 1. The number of carbonyl (C=O) groups is 1. The zero-order valence-corrected chi connectivity index (χ0v) is 26.8. The van der Waals surface area contributed by atoms with Gasteiger partial charge in [-0.15, -0.1) is 0 Å². The summed E-state index contributed by atoms with van der Waals surface area (Å²) in [4.78, 5) is 24.1. The summed E-state index contributed by atoms with van der Waals surface area (Å²) in [5, 5.41) is 0. The monoisotopic (exact) mass is 556 g/mol. The van der Waals surface area contributed by atoms with Crippen molar-refractivity contribution in [1.82, 2.24) is 9.97 Å². The number of hydrogen-bond acceptors (Lipinski definition) is 4. The Kier molecular flexibility index (Phi) is 5.97. The first kappa shape index (κ1) is 27.8. The Balaban J connectivity index is 1.31. The third-order valence-electron chi connectivity index (χ3n) is 14.9. The molecule has 1 aromatic carbocycles. The van der Waals surface area contributed by atoms with Gasteiger partial charge in [-0.2, -0.15) is 0 Å². The first-order chi connectivity index (χ1) is 19.3. The van der Waals surface area contributed by atoms with E-state index in [2.05, 4.69) is 72.7 Å². The third kappa shape index (κ3) is 3.37. The van der Waals surface area contributed by atoms with Gasteiger partial charge in [-0.3, -0.25) is 4.79 Å². The number of hydrogen-bond donors (Lipinski definition) is 0. The summed E-state index contributed by atoms with van der Waals surface area (Å²) in [5.74, 6) is 3.62. The second-order valence-corrected chi connectivity index (χ2v) is 16.7. The van der Waals surface area contributed by atoms with Crippen molar-refractivity contribution in [3.8, 4) is 0 Å². The maximum atomic E-state index is 13.6. The van der Waals surface area contributed by atoms with Gasteiger partial charge >= 0.3 is 5.97 Å². The molecule has 0 bridgehead atoms. The fourth-order valence-electron chi connectivity index (χ4n) is 12.9. The van der Waals surface area contributed by atoms with Crippen LogP contribution in [-0.2, 0) is 21.4 Å². The van der Waals surface area contributed by atoms with E-state index in [0.29, 0.717) is 35.5 Å². The number of nitrogens with zero attached hydrogens (tertiary/aromatic N) is 2. The van der Waals surface area contributed by atoms with Crippen molar-refractivity contribution in [1.29, 1.82) is 0 Å². The fraction of sp³-hybridized carbons (Fsp3) is 0.757. The molecule has 9 atom stereocenters. The predicted octanol–water partition coefficient (Wildman–Crippen LogP) is 8.55. The number of rotatable bonds is 2. The van der Waals surface area contributed by atoms with Gasteiger partial charge in [-0.25, -0.2) is 9.97 Å². The van der Waals surface area contributed by atoms with Crippen LogP contribution in [-0.4, -0.2) is 23.0 Å². The van der Waals surface area contributed by atoms with Crippen LogP contribution in [0, 0.1) is 57.2 Å². The minimum atomic E-state index is -0.263. The Morgan fingerprint density at radius 3 is 2.24 bits per heavy atom. The predicted molar refractivity (Wildman–Crippen MR) is 164 cm³/mol. The molecule has 0 amide bonds. The Morgan fingerprint density at radius 2 is 1.56 bits per heavy atom. The van der Waals surface area contributed by atoms with Crippen molar-refractivity contribution in [3.63, 3.8) is 0 Å². The largest absolute Gasteiger partial charge is 0.469 e. The van der Waals surface area contributed by atoms with Crippen molar-refractivity contribution in [3.05, 3.63) is 35.7 Å². The minimum absolute atomic E-state index is 0.000752. The summed E-state index contributed by atoms with van der Waals surface area (Å²) in [7, 11) is 1.62. The van der Waals surface area contributed by atoms with E-state index in [1.54, 1.807) is 7.11 Å². The van der Waals surface area contributed by atoms with Crippen LogP contribution < -0.4 is 0 Å². The van der Waals surface area contributed by atoms with Crippen molar-refractivity contribution < 1.29 is 9.53 Å². The lowest BCUT2D eigenvalue weighted by molar-refractivity contribution is -0.230. The van der Waals surface area contributed by atoms with Crippen LogP contribution >= 0.6 is 0 Å². The van der Waals surface area contributed by atoms with E-state index in [0.717, 1.165) is 36.7 Å². The van der Waals surface area contributed by atoms with Gasteiger partial charge in [0.25, 0.3) is 0 Å². The summed E-state index contributed by atoms with van der Waals surface area (Å²) in [6.45, 7) is 17.7. The highest BCUT2D eigenvalue weighted by atomic mass is 16.5. The highest BCUT2D eigenvalue weighted by Gasteiger charge is 2.72. The average Bonchev–Trinajstić information content (AvgIpc) is 3.33. The summed E-state index contributed by atoms with van der Waals surface area (Å²) in [6.07, 6.45) is 10.5. The van der Waals surface area contributed by atoms with E-state index >= 15 is 0 Å². The molecule has 41 heavy (non-hydrogen) atoms. The SMILES string of the molecule is COC(=O)[C@]12CC[C@@H](C(C)C)[C@@H]1[C@H]1CC[C@@H]3[C@@]4(C)Cc5nc6ccccc6nc5C(C)(C)[C@@H]4CC[C@@]3(C)[C@]1(C)CC2. The zero-order chi connectivity index (χ0) is 29.2. The van der Waals surface area contributed by atoms with Gasteiger partial charge in [0.05, 0.1) is 34.9 Å². The van der Waals surface area contributed by atoms with Crippen LogP contribution in [0.15, 0.2) is 24.3 Å². The molecule has 0 unspecified atom stereocenters. The number of fused-ring (bicyclic) bond motifs is 9. The molecule has 0 radical (unpaired) electrons. The summed E-state index contributed by atoms with van der Waals surface area (Å²) >= 11 is 0. The second kappa shape index (κ2) is 8.79. The number of esters is 1. The van der Waals surface area contributed by atoms with Gasteiger partial charge in [0, 0.05) is 5.41 Å². The third-order valence-corrected chi connectivity index (χ3v) is 14.9. The fourth-order valence-corrected chi connectivity index (χ4v) is 12.9. The Morgan fingerprint density at radius 1 is 0.854 bits per heavy atom. The quantitative estimate of drug-likeness (QED) is 0.348. The minimum Gasteiger partial charge on any atom is -0.469 e. The van der Waals surface area contributed by atoms with Crippen molar-refractivity contribution in [2.45, 2.75) is 112 Å². The van der Waals surface area contributed by atoms with Crippen molar-refractivity contribution in [2.75, 3.05) is 7.11 Å². The highest BCUT2D eigenvalue weighted by molar-refractivity contribution is 5.78. The average molecular weight is 557 g/mol. The molecule has 222 valence electrons. The number of benzene rings is 1. The molecule has 0 saturated heterocycles. The summed E-state index contributed by atoms with van der Waals surface area (Å²) in [5.41, 5.74) is 4.98. The van der Waals surface area contributed by atoms with Gasteiger partial charge in [0.1, 0.15) is 0 Å². The van der Waals surface area contributed by atoms with E-state index in [1.165, 1.54) is 43.5 Å². The van der Waals surface area contributed by atoms with E-state index < -0.39 is 0 Å². The molecule has 1 heterocycles. The van der Waals surface area contributed by atoms with Gasteiger partial charge < -0.3 is 4.74 Å². The molecule has 0 N–H and O–H groups in total. The lowest BCUT2D eigenvalue weighted by Gasteiger charge is -2.72. The Hall–Kier alpha value is -1.97. The summed E-state index contributed by atoms with van der Waals surface area (Å²) < 4.78 is 5.59. The molecule has 0 spiro atoms. The molecule has 5 aliphatic carbocycles. The zero-order valence-electron chi connectivity index (χ0n) is 26.8. The van der Waals surface area contributed by atoms with Gasteiger partial charge in [-0.05, 0) is 122 Å². The van der Waals surface area contributed by atoms with E-state index in [1.807, 2.05) is 0 Å². The molecule has 4 heteroatoms. The molecule has 0 aliphatic heterocycles. The van der Waals surface area contributed by atoms with E-state index in [4.69, 9.17) is 14.7 Å². The second-order valence-electron chi connectivity index (χ2n) is 16.7. The topological polar surface area (TPSA) is 52.1 Å². The van der Waals surface area contributed by atoms with Crippen LogP contribution in [0.4, 0.5) is 0 Å². The molecular formula is C37H52N2O2. The molecule has 2 aromatic rings. The smallest absolute Gasteiger partial charge is 0.312 e. The Labute approximate surface area is 247 Å². The van der Waals surface area contributed by atoms with Crippen LogP contribution in [0.5, 0.6) is 0 Å². The van der Waals surface area contributed by atoms with Crippen molar-refractivity contribution >= 4 is 17.0 Å². The van der Waals surface area contributed by atoms with E-state index in [9.17, 15) is 4.79 Å². The van der Waals surface area contributed by atoms with Crippen LogP contribution in [0.25, 0.3) is 11.0 Å². The number of aromatic nitrogens is 2. The molecule has 1 aromatic heterocycles. The summed E-state index contributed by atoms with van der Waals surface area (Å²) in [6, 6.07) is 8.43. The lowest BCUT2D eigenvalue weighted by Crippen LogP contribution is -2.67. The molecule has 4 nitrogen and oxygen atoms in total. The number of para-hydroxylation sites is 2. The van der Waals surface area contributed by atoms with E-state index in [-0.39, 0.29) is 33.0 Å². The maximum Gasteiger partial charge on any atom is 0.312 e. The first-order valence-corrected chi connectivity index (χ1v) is 16.7. The molecule has 4 fully saturated rings. The first-order valence-electron chi connectivity index (χ1n) is 16.7. The van der Waals surface area contributed by atoms with Gasteiger partial charge in [-0.1, -0.05) is 60.6 Å². The van der Waals surface area contributed by atoms with Crippen LogP contribution in [0.3, 0.4) is 0 Å². The van der Waals surface area contributed by atoms with Crippen LogP contribution in [0.1, 0.15) is 111 Å². The van der Waals surface area contributed by atoms with Crippen LogP contribution in [0.2, 0.25) is 0 Å². The molecule has 7 rings (SSSR count). The standard InChI is InChI=1S/C37H52N2O2/c1-22(2)23-15-18-37(32(40)41-8)20-19-35(6)24(30(23)37)13-14-29-34(5)21-27-31(39-26-12-10-9-11-25(26)38-27)33(3,4)28(34)16-17-36(29,35)7/h9-12,22-24,28-30H,13-21H2,1-8H3/t23-,24+,28-,29+,30+,34-,35+,36+,37-/m0/s1. The normalized spacial score (nSPS) is 44.4. The number of methoxy groups -OCH3 is 1. The number of carbonyl (C=O) groups excluding carboxylic acids is 1. The molecular weight excluding hydrogens is 504 g/mol. The highest BCUT2D eigenvalue weighted by Crippen LogP contribution is 2.77. The lowest BCUT2D eigenvalue weighted by atomic mass is 9.32. The molecule has 5 aliphatic rings. The Bertz CT molecular complexity index is 1400.